The molecule has 0 saturated heterocycles. The molecule has 0 aliphatic carbocycles. The highest BCUT2D eigenvalue weighted by molar-refractivity contribution is 6.06. The van der Waals surface area contributed by atoms with Crippen LogP contribution in [0.1, 0.15) is 21.0 Å². The number of oxazole rings is 1. The molecule has 2 heterocycles. The molecule has 0 saturated carbocycles. The summed E-state index contributed by atoms with van der Waals surface area (Å²) in [4.78, 5) is 32.6. The van der Waals surface area contributed by atoms with Crippen molar-refractivity contribution in [2.24, 2.45) is 0 Å². The van der Waals surface area contributed by atoms with Gasteiger partial charge in [-0.05, 0) is 42.5 Å². The van der Waals surface area contributed by atoms with Gasteiger partial charge in [-0.3, -0.25) is 14.6 Å². The molecule has 2 amide bonds. The van der Waals surface area contributed by atoms with Gasteiger partial charge in [-0.25, -0.2) is 8.78 Å². The molecule has 0 aliphatic rings. The summed E-state index contributed by atoms with van der Waals surface area (Å²) in [5.74, 6) is -2.06. The van der Waals surface area contributed by atoms with Crippen molar-refractivity contribution in [1.29, 1.82) is 0 Å². The van der Waals surface area contributed by atoms with Crippen molar-refractivity contribution in [3.63, 3.8) is 0 Å². The largest absolute Gasteiger partial charge is 0.454 e. The summed E-state index contributed by atoms with van der Waals surface area (Å²) in [6, 6.07) is 12.1. The molecule has 0 atom stereocenters. The van der Waals surface area contributed by atoms with Gasteiger partial charge in [0.15, 0.2) is 23.0 Å². The molecule has 0 unspecified atom stereocenters. The van der Waals surface area contributed by atoms with Crippen LogP contribution < -0.4 is 20.7 Å². The molecule has 178 valence electrons. The number of pyridine rings is 1. The van der Waals surface area contributed by atoms with E-state index in [4.69, 9.17) is 9.15 Å². The van der Waals surface area contributed by atoms with E-state index < -0.39 is 23.4 Å². The number of nitrogens with one attached hydrogen (secondary N) is 3. The Morgan fingerprint density at radius 3 is 2.43 bits per heavy atom. The molecule has 35 heavy (non-hydrogen) atoms. The second-order valence-corrected chi connectivity index (χ2v) is 7.11. The summed E-state index contributed by atoms with van der Waals surface area (Å²) in [5.41, 5.74) is 0.619. The Morgan fingerprint density at radius 2 is 1.74 bits per heavy atom. The maximum atomic E-state index is 14.7. The van der Waals surface area contributed by atoms with Crippen molar-refractivity contribution in [3.8, 4) is 22.8 Å². The number of carbonyl (C=O) groups is 2. The predicted molar refractivity (Wildman–Crippen MR) is 123 cm³/mol. The summed E-state index contributed by atoms with van der Waals surface area (Å²) < 4.78 is 39.1. The molecular formula is C24H19F2N5O4. The van der Waals surface area contributed by atoms with E-state index in [0.29, 0.717) is 5.56 Å². The Balaban J connectivity index is 1.53. The van der Waals surface area contributed by atoms with E-state index in [1.807, 2.05) is 0 Å². The molecule has 11 heteroatoms. The molecule has 0 radical (unpaired) electrons. The number of anilines is 2. The van der Waals surface area contributed by atoms with Crippen LogP contribution >= 0.6 is 0 Å². The van der Waals surface area contributed by atoms with Crippen LogP contribution in [0, 0.1) is 11.6 Å². The first-order valence-electron chi connectivity index (χ1n) is 10.3. The summed E-state index contributed by atoms with van der Waals surface area (Å²) in [6.07, 6.45) is 1.36. The summed E-state index contributed by atoms with van der Waals surface area (Å²) in [7, 11) is 3.03. The normalized spacial score (nSPS) is 10.5. The maximum absolute atomic E-state index is 14.7. The number of hydrogen-bond donors (Lipinski definition) is 3. The van der Waals surface area contributed by atoms with Gasteiger partial charge in [-0.15, -0.1) is 0 Å². The van der Waals surface area contributed by atoms with Gasteiger partial charge in [0.2, 0.25) is 0 Å². The van der Waals surface area contributed by atoms with Crippen molar-refractivity contribution in [3.05, 3.63) is 83.8 Å². The molecule has 4 aromatic rings. The Bertz CT molecular complexity index is 1390. The van der Waals surface area contributed by atoms with Crippen LogP contribution in [0.25, 0.3) is 11.3 Å². The fourth-order valence-electron chi connectivity index (χ4n) is 3.08. The van der Waals surface area contributed by atoms with Crippen LogP contribution in [-0.4, -0.2) is 35.9 Å². The Labute approximate surface area is 198 Å². The number of amides is 2. The minimum absolute atomic E-state index is 0.0693. The Kier molecular flexibility index (Phi) is 6.67. The second kappa shape index (κ2) is 10.00. The van der Waals surface area contributed by atoms with Gasteiger partial charge in [-0.1, -0.05) is 0 Å². The van der Waals surface area contributed by atoms with Gasteiger partial charge in [0.25, 0.3) is 17.8 Å². The molecule has 2 aromatic heterocycles. The SMILES string of the molecule is CNC(=O)c1cc(Oc2ccc(NC(=O)c3nc(NC)oc3-c3ccc(F)cc3)cc2F)ccn1. The zero-order chi connectivity index (χ0) is 24.9. The van der Waals surface area contributed by atoms with Gasteiger partial charge in [0.1, 0.15) is 17.3 Å². The van der Waals surface area contributed by atoms with E-state index in [-0.39, 0.29) is 40.3 Å². The molecule has 0 spiro atoms. The highest BCUT2D eigenvalue weighted by atomic mass is 19.1. The summed E-state index contributed by atoms with van der Waals surface area (Å²) >= 11 is 0. The Hall–Kier alpha value is -4.80. The maximum Gasteiger partial charge on any atom is 0.295 e. The van der Waals surface area contributed by atoms with Gasteiger partial charge < -0.3 is 25.1 Å². The zero-order valence-corrected chi connectivity index (χ0v) is 18.6. The lowest BCUT2D eigenvalue weighted by Crippen LogP contribution is -2.18. The third-order valence-electron chi connectivity index (χ3n) is 4.77. The molecule has 9 nitrogen and oxygen atoms in total. The quantitative estimate of drug-likeness (QED) is 0.358. The third kappa shape index (κ3) is 5.24. The van der Waals surface area contributed by atoms with Crippen LogP contribution in [0.4, 0.5) is 20.5 Å². The van der Waals surface area contributed by atoms with E-state index in [2.05, 4.69) is 25.9 Å². The van der Waals surface area contributed by atoms with Crippen LogP contribution in [0.5, 0.6) is 11.5 Å². The van der Waals surface area contributed by atoms with Crippen LogP contribution in [0.3, 0.4) is 0 Å². The molecule has 0 aliphatic heterocycles. The molecule has 4 rings (SSSR count). The van der Waals surface area contributed by atoms with Gasteiger partial charge in [-0.2, -0.15) is 4.98 Å². The minimum Gasteiger partial charge on any atom is -0.454 e. The molecule has 3 N–H and O–H groups in total. The lowest BCUT2D eigenvalue weighted by atomic mass is 10.1. The Morgan fingerprint density at radius 1 is 0.971 bits per heavy atom. The van der Waals surface area contributed by atoms with Crippen molar-refractivity contribution >= 4 is 23.5 Å². The van der Waals surface area contributed by atoms with Crippen molar-refractivity contribution < 1.29 is 27.5 Å². The number of carbonyl (C=O) groups excluding carboxylic acids is 2. The van der Waals surface area contributed by atoms with E-state index in [9.17, 15) is 18.4 Å². The predicted octanol–water partition coefficient (Wildman–Crippen LogP) is 4.46. The number of hydrogen-bond acceptors (Lipinski definition) is 7. The third-order valence-corrected chi connectivity index (χ3v) is 4.77. The minimum atomic E-state index is -0.754. The lowest BCUT2D eigenvalue weighted by Gasteiger charge is -2.10. The number of nitrogens with zero attached hydrogens (tertiary/aromatic N) is 2. The van der Waals surface area contributed by atoms with Crippen molar-refractivity contribution in [1.82, 2.24) is 15.3 Å². The first kappa shape index (κ1) is 23.4. The van der Waals surface area contributed by atoms with Gasteiger partial charge >= 0.3 is 0 Å². The van der Waals surface area contributed by atoms with Gasteiger partial charge in [0.05, 0.1) is 0 Å². The first-order valence-corrected chi connectivity index (χ1v) is 10.3. The monoisotopic (exact) mass is 479 g/mol. The van der Waals surface area contributed by atoms with Gasteiger partial charge in [0, 0.05) is 43.7 Å². The van der Waals surface area contributed by atoms with E-state index in [0.717, 1.165) is 6.07 Å². The number of rotatable bonds is 7. The fourth-order valence-corrected chi connectivity index (χ4v) is 3.08. The molecule has 0 fully saturated rings. The highest BCUT2D eigenvalue weighted by Crippen LogP contribution is 2.30. The number of benzene rings is 2. The molecule has 2 aromatic carbocycles. The average Bonchev–Trinajstić information content (AvgIpc) is 3.31. The van der Waals surface area contributed by atoms with Crippen molar-refractivity contribution in [2.75, 3.05) is 24.7 Å². The average molecular weight is 479 g/mol. The highest BCUT2D eigenvalue weighted by Gasteiger charge is 2.22. The number of halogens is 2. The van der Waals surface area contributed by atoms with Crippen LogP contribution in [0.15, 0.2) is 65.2 Å². The number of aromatic nitrogens is 2. The van der Waals surface area contributed by atoms with E-state index >= 15 is 0 Å². The molecular weight excluding hydrogens is 460 g/mol. The second-order valence-electron chi connectivity index (χ2n) is 7.11. The topological polar surface area (TPSA) is 118 Å². The lowest BCUT2D eigenvalue weighted by molar-refractivity contribution is 0.0957. The van der Waals surface area contributed by atoms with E-state index in [1.165, 1.54) is 61.8 Å². The standard InChI is InChI=1S/C24H19F2N5O4/c1-27-22(32)18-12-16(9-10-29-18)34-19-8-7-15(11-17(19)26)30-23(33)20-21(35-24(28-2)31-20)13-3-5-14(25)6-4-13/h3-12H,1-2H3,(H,27,32)(H,28,31)(H,30,33). The number of ether oxygens (including phenoxy) is 1. The summed E-state index contributed by atoms with van der Waals surface area (Å²) in [6.45, 7) is 0. The smallest absolute Gasteiger partial charge is 0.295 e. The van der Waals surface area contributed by atoms with Crippen molar-refractivity contribution in [2.45, 2.75) is 0 Å². The van der Waals surface area contributed by atoms with Crippen LogP contribution in [-0.2, 0) is 0 Å². The van der Waals surface area contributed by atoms with Crippen LogP contribution in [0.2, 0.25) is 0 Å². The molecule has 0 bridgehead atoms. The summed E-state index contributed by atoms with van der Waals surface area (Å²) in [5, 5.41) is 7.70. The van der Waals surface area contributed by atoms with E-state index in [1.54, 1.807) is 7.05 Å². The first-order chi connectivity index (χ1) is 16.9. The fraction of sp³-hybridized carbons (Fsp3) is 0.0833. The zero-order valence-electron chi connectivity index (χ0n) is 18.6.